The van der Waals surface area contributed by atoms with Crippen LogP contribution in [0.25, 0.3) is 21.7 Å². The number of ether oxygens (including phenoxy) is 2. The van der Waals surface area contributed by atoms with E-state index in [0.29, 0.717) is 35.7 Å². The lowest BCUT2D eigenvalue weighted by atomic mass is 10.1. The molecule has 0 amide bonds. The van der Waals surface area contributed by atoms with Gasteiger partial charge in [0.15, 0.2) is 0 Å². The van der Waals surface area contributed by atoms with Crippen LogP contribution in [0.15, 0.2) is 45.6 Å². The molecule has 0 bridgehead atoms. The zero-order valence-electron chi connectivity index (χ0n) is 15.8. The van der Waals surface area contributed by atoms with E-state index in [1.165, 1.54) is 0 Å². The topological polar surface area (TPSA) is 72.7 Å². The molecule has 0 spiro atoms. The Morgan fingerprint density at radius 1 is 0.815 bits per heavy atom. The van der Waals surface area contributed by atoms with Crippen molar-refractivity contribution < 1.29 is 13.9 Å². The normalized spacial score (nSPS) is 11.2. The Bertz CT molecular complexity index is 952. The molecular weight excluding hydrogens is 344 g/mol. The summed E-state index contributed by atoms with van der Waals surface area (Å²) in [7, 11) is 0. The van der Waals surface area contributed by atoms with E-state index in [2.05, 4.69) is 10.6 Å². The van der Waals surface area contributed by atoms with Crippen molar-refractivity contribution in [1.82, 2.24) is 10.6 Å². The van der Waals surface area contributed by atoms with Gasteiger partial charge in [0.1, 0.15) is 30.3 Å². The fourth-order valence-corrected chi connectivity index (χ4v) is 2.91. The second-order valence-corrected chi connectivity index (χ2v) is 6.16. The van der Waals surface area contributed by atoms with E-state index >= 15 is 0 Å². The van der Waals surface area contributed by atoms with Gasteiger partial charge in [0.25, 0.3) is 0 Å². The van der Waals surface area contributed by atoms with Gasteiger partial charge in [-0.25, -0.2) is 4.79 Å². The van der Waals surface area contributed by atoms with Crippen molar-refractivity contribution in [1.29, 1.82) is 0 Å². The lowest BCUT2D eigenvalue weighted by Gasteiger charge is -2.10. The third-order valence-electron chi connectivity index (χ3n) is 4.25. The van der Waals surface area contributed by atoms with Crippen LogP contribution in [0.2, 0.25) is 0 Å². The first-order valence-corrected chi connectivity index (χ1v) is 9.40. The van der Waals surface area contributed by atoms with Crippen LogP contribution >= 0.6 is 0 Å². The molecule has 0 saturated carbocycles. The monoisotopic (exact) mass is 370 g/mol. The molecule has 1 heterocycles. The zero-order chi connectivity index (χ0) is 19.1. The fraction of sp³-hybridized carbons (Fsp3) is 0.381. The summed E-state index contributed by atoms with van der Waals surface area (Å²) in [5, 5.41) is 8.64. The van der Waals surface area contributed by atoms with Gasteiger partial charge in [0.2, 0.25) is 0 Å². The largest absolute Gasteiger partial charge is 0.492 e. The summed E-state index contributed by atoms with van der Waals surface area (Å²) in [5.41, 5.74) is 0.147. The average Bonchev–Trinajstić information content (AvgIpc) is 2.69. The number of rotatable bonds is 10. The summed E-state index contributed by atoms with van der Waals surface area (Å²) in [4.78, 5) is 12.4. The van der Waals surface area contributed by atoms with Crippen LogP contribution < -0.4 is 25.7 Å². The standard InChI is InChI=1S/C21H26N2O4/c1-3-22-9-11-25-15-5-7-17-18-8-6-16(26-12-10-23-4-2)14-20(18)27-21(24)19(17)13-15/h5-8,13-14,22-23H,3-4,9-12H2,1-2H3. The van der Waals surface area contributed by atoms with Crippen LogP contribution in [-0.2, 0) is 0 Å². The number of hydrogen-bond donors (Lipinski definition) is 2. The molecule has 0 aliphatic carbocycles. The predicted octanol–water partition coefficient (Wildman–Crippen LogP) is 2.92. The maximum Gasteiger partial charge on any atom is 0.344 e. The van der Waals surface area contributed by atoms with Crippen molar-refractivity contribution in [3.63, 3.8) is 0 Å². The summed E-state index contributed by atoms with van der Waals surface area (Å²) in [5.74, 6) is 1.35. The molecule has 6 heteroatoms. The molecule has 2 N–H and O–H groups in total. The molecule has 2 aromatic carbocycles. The van der Waals surface area contributed by atoms with Gasteiger partial charge in [-0.2, -0.15) is 0 Å². The van der Waals surface area contributed by atoms with E-state index in [1.54, 1.807) is 12.1 Å². The Morgan fingerprint density at radius 3 is 2.04 bits per heavy atom. The minimum Gasteiger partial charge on any atom is -0.492 e. The number of fused-ring (bicyclic) bond motifs is 3. The molecule has 3 aromatic rings. The lowest BCUT2D eigenvalue weighted by Crippen LogP contribution is -2.20. The minimum atomic E-state index is -0.376. The summed E-state index contributed by atoms with van der Waals surface area (Å²) in [6.45, 7) is 8.54. The molecule has 27 heavy (non-hydrogen) atoms. The first kappa shape index (κ1) is 19.2. The highest BCUT2D eigenvalue weighted by Crippen LogP contribution is 2.28. The Labute approximate surface area is 158 Å². The fourth-order valence-electron chi connectivity index (χ4n) is 2.91. The molecule has 0 aliphatic heterocycles. The summed E-state index contributed by atoms with van der Waals surface area (Å²) in [6.07, 6.45) is 0. The van der Waals surface area contributed by atoms with Crippen LogP contribution in [-0.4, -0.2) is 39.4 Å². The first-order chi connectivity index (χ1) is 13.2. The van der Waals surface area contributed by atoms with E-state index in [0.717, 1.165) is 37.0 Å². The van der Waals surface area contributed by atoms with Crippen molar-refractivity contribution in [2.45, 2.75) is 13.8 Å². The second-order valence-electron chi connectivity index (χ2n) is 6.16. The Hall–Kier alpha value is -2.57. The molecule has 0 saturated heterocycles. The number of nitrogens with one attached hydrogen (secondary N) is 2. The molecule has 6 nitrogen and oxygen atoms in total. The SMILES string of the molecule is CCNCCOc1ccc2c(c1)oc(=O)c1cc(OCCNCC)ccc12. The van der Waals surface area contributed by atoms with Crippen molar-refractivity contribution in [2.75, 3.05) is 39.4 Å². The van der Waals surface area contributed by atoms with E-state index in [1.807, 2.05) is 38.1 Å². The first-order valence-electron chi connectivity index (χ1n) is 9.40. The minimum absolute atomic E-state index is 0.376. The van der Waals surface area contributed by atoms with E-state index in [9.17, 15) is 4.79 Å². The Kier molecular flexibility index (Phi) is 6.68. The van der Waals surface area contributed by atoms with Gasteiger partial charge in [0, 0.05) is 29.9 Å². The summed E-state index contributed by atoms with van der Waals surface area (Å²) in [6, 6.07) is 11.1. The zero-order valence-corrected chi connectivity index (χ0v) is 15.8. The quantitative estimate of drug-likeness (QED) is 0.325. The molecule has 0 radical (unpaired) electrons. The Balaban J connectivity index is 1.84. The van der Waals surface area contributed by atoms with Crippen molar-refractivity contribution in [3.05, 3.63) is 46.8 Å². The smallest absolute Gasteiger partial charge is 0.344 e. The van der Waals surface area contributed by atoms with Crippen LogP contribution in [0.3, 0.4) is 0 Å². The average molecular weight is 370 g/mol. The van der Waals surface area contributed by atoms with Gasteiger partial charge < -0.3 is 24.5 Å². The van der Waals surface area contributed by atoms with E-state index in [-0.39, 0.29) is 5.63 Å². The third-order valence-corrected chi connectivity index (χ3v) is 4.25. The molecule has 0 atom stereocenters. The van der Waals surface area contributed by atoms with Crippen molar-refractivity contribution in [3.8, 4) is 11.5 Å². The highest BCUT2D eigenvalue weighted by Gasteiger charge is 2.10. The van der Waals surface area contributed by atoms with Crippen LogP contribution in [0, 0.1) is 0 Å². The summed E-state index contributed by atoms with van der Waals surface area (Å²) < 4.78 is 16.9. The van der Waals surface area contributed by atoms with Crippen molar-refractivity contribution in [2.24, 2.45) is 0 Å². The molecule has 3 rings (SSSR count). The van der Waals surface area contributed by atoms with Gasteiger partial charge in [-0.15, -0.1) is 0 Å². The highest BCUT2D eigenvalue weighted by molar-refractivity contribution is 6.04. The maximum absolute atomic E-state index is 12.4. The van der Waals surface area contributed by atoms with Crippen LogP contribution in [0.1, 0.15) is 13.8 Å². The van der Waals surface area contributed by atoms with Crippen molar-refractivity contribution >= 4 is 21.7 Å². The molecule has 1 aromatic heterocycles. The van der Waals surface area contributed by atoms with Crippen LogP contribution in [0.5, 0.6) is 11.5 Å². The lowest BCUT2D eigenvalue weighted by molar-refractivity contribution is 0.315. The van der Waals surface area contributed by atoms with Gasteiger partial charge in [-0.3, -0.25) is 0 Å². The van der Waals surface area contributed by atoms with Gasteiger partial charge in [-0.05, 0) is 43.4 Å². The van der Waals surface area contributed by atoms with E-state index in [4.69, 9.17) is 13.9 Å². The predicted molar refractivity (Wildman–Crippen MR) is 108 cm³/mol. The second kappa shape index (κ2) is 9.39. The van der Waals surface area contributed by atoms with E-state index < -0.39 is 0 Å². The summed E-state index contributed by atoms with van der Waals surface area (Å²) >= 11 is 0. The number of benzene rings is 2. The number of hydrogen-bond acceptors (Lipinski definition) is 6. The van der Waals surface area contributed by atoms with Gasteiger partial charge in [0.05, 0.1) is 5.39 Å². The molecular formula is C21H26N2O4. The Morgan fingerprint density at radius 2 is 1.41 bits per heavy atom. The molecule has 0 aliphatic rings. The molecule has 0 fully saturated rings. The van der Waals surface area contributed by atoms with Gasteiger partial charge in [-0.1, -0.05) is 13.8 Å². The molecule has 0 unspecified atom stereocenters. The maximum atomic E-state index is 12.4. The van der Waals surface area contributed by atoms with Crippen LogP contribution in [0.4, 0.5) is 0 Å². The van der Waals surface area contributed by atoms with Gasteiger partial charge >= 0.3 is 5.63 Å². The third kappa shape index (κ3) is 4.78. The highest BCUT2D eigenvalue weighted by atomic mass is 16.5. The number of likely N-dealkylation sites (N-methyl/N-ethyl adjacent to an activating group) is 2. The molecule has 144 valence electrons.